The molecule has 10 heteroatoms. The molecule has 1 heterocycles. The third-order valence-electron chi connectivity index (χ3n) is 5.14. The molecule has 1 aliphatic heterocycles. The van der Waals surface area contributed by atoms with E-state index in [0.29, 0.717) is 12.8 Å². The average Bonchev–Trinajstić information content (AvgIpc) is 2.73. The topological polar surface area (TPSA) is 76.2 Å². The Labute approximate surface area is 182 Å². The molecule has 31 heavy (non-hydrogen) atoms. The monoisotopic (exact) mass is 460 g/mol. The van der Waals surface area contributed by atoms with Crippen LogP contribution in [0.2, 0.25) is 0 Å². The number of carbonyl (C=O) groups excluding carboxylic acids is 1. The highest BCUT2D eigenvalue weighted by atomic mass is 32.2. The lowest BCUT2D eigenvalue weighted by atomic mass is 9.98. The van der Waals surface area contributed by atoms with Crippen LogP contribution < -0.4 is 9.64 Å². The van der Waals surface area contributed by atoms with Crippen LogP contribution in [0.1, 0.15) is 41.5 Å². The van der Waals surface area contributed by atoms with Crippen molar-refractivity contribution in [3.63, 3.8) is 0 Å². The van der Waals surface area contributed by atoms with E-state index in [4.69, 9.17) is 4.74 Å². The van der Waals surface area contributed by atoms with Crippen molar-refractivity contribution in [3.05, 3.63) is 30.0 Å². The summed E-state index contributed by atoms with van der Waals surface area (Å²) in [5.41, 5.74) is -0.310. The van der Waals surface area contributed by atoms with Crippen LogP contribution >= 0.6 is 0 Å². The second-order valence-corrected chi connectivity index (χ2v) is 10.6. The summed E-state index contributed by atoms with van der Waals surface area (Å²) in [7, 11) is -2.52. The molecular formula is C21H30F2N2O5S. The largest absolute Gasteiger partial charge is 0.461 e. The summed E-state index contributed by atoms with van der Waals surface area (Å²) in [4.78, 5) is 13.1. The zero-order valence-corrected chi connectivity index (χ0v) is 19.7. The van der Waals surface area contributed by atoms with E-state index >= 15 is 0 Å². The van der Waals surface area contributed by atoms with E-state index in [1.807, 2.05) is 39.5 Å². The van der Waals surface area contributed by atoms with Crippen molar-refractivity contribution in [1.29, 1.82) is 0 Å². The van der Waals surface area contributed by atoms with Gasteiger partial charge in [-0.05, 0) is 33.6 Å². The molecule has 0 spiro atoms. The molecule has 174 valence electrons. The highest BCUT2D eigenvalue weighted by Crippen LogP contribution is 2.40. The molecule has 7 nitrogen and oxygen atoms in total. The summed E-state index contributed by atoms with van der Waals surface area (Å²) in [5, 5.41) is 0. The summed E-state index contributed by atoms with van der Waals surface area (Å²) in [5.74, 6) is -4.04. The molecule has 0 aliphatic carbocycles. The maximum atomic E-state index is 14.8. The number of sulfonamides is 1. The Morgan fingerprint density at radius 1 is 1.32 bits per heavy atom. The quantitative estimate of drug-likeness (QED) is 0.378. The van der Waals surface area contributed by atoms with Crippen LogP contribution in [-0.2, 0) is 19.6 Å². The Morgan fingerprint density at radius 3 is 2.45 bits per heavy atom. The zero-order valence-electron chi connectivity index (χ0n) is 18.9. The first kappa shape index (κ1) is 25.1. The van der Waals surface area contributed by atoms with Crippen LogP contribution in [0.5, 0.6) is 5.75 Å². The number of benzene rings is 1. The van der Waals surface area contributed by atoms with E-state index in [1.54, 1.807) is 0 Å². The number of esters is 1. The van der Waals surface area contributed by atoms with Gasteiger partial charge in [0.2, 0.25) is 15.9 Å². The fraction of sp³-hybridized carbons (Fsp3) is 0.571. The van der Waals surface area contributed by atoms with Gasteiger partial charge in [-0.25, -0.2) is 17.6 Å². The predicted octanol–water partition coefficient (Wildman–Crippen LogP) is 3.84. The molecule has 0 bridgehead atoms. The predicted molar refractivity (Wildman–Crippen MR) is 114 cm³/mol. The molecule has 2 rings (SSSR count). The number of carbonyl (C=O) groups is 1. The molecule has 0 fully saturated rings. The summed E-state index contributed by atoms with van der Waals surface area (Å²) in [6.07, 6.45) is 0.397. The van der Waals surface area contributed by atoms with Gasteiger partial charge in [-0.3, -0.25) is 0 Å². The molecule has 1 aromatic carbocycles. The number of anilines is 1. The average molecular weight is 461 g/mol. The first-order valence-corrected chi connectivity index (χ1v) is 11.4. The SMILES string of the molecule is CCOC(=O)/C(F)=C/Oc1cc2c(cc1F)N(C(C)(C)C)C[C@@H](C(C)C)N(C)S2(=O)=O. The van der Waals surface area contributed by atoms with Gasteiger partial charge in [0.1, 0.15) is 11.2 Å². The van der Waals surface area contributed by atoms with E-state index in [2.05, 4.69) is 4.74 Å². The van der Waals surface area contributed by atoms with Gasteiger partial charge >= 0.3 is 5.97 Å². The Morgan fingerprint density at radius 2 is 1.94 bits per heavy atom. The van der Waals surface area contributed by atoms with Gasteiger partial charge in [-0.1, -0.05) is 13.8 Å². The third kappa shape index (κ3) is 5.17. The van der Waals surface area contributed by atoms with Gasteiger partial charge in [0, 0.05) is 37.3 Å². The van der Waals surface area contributed by atoms with Crippen LogP contribution in [0.4, 0.5) is 14.5 Å². The van der Waals surface area contributed by atoms with Gasteiger partial charge in [0.05, 0.1) is 12.3 Å². The van der Waals surface area contributed by atoms with E-state index in [0.717, 1.165) is 12.1 Å². The molecule has 1 aromatic rings. The summed E-state index contributed by atoms with van der Waals surface area (Å²) in [6, 6.07) is 1.73. The number of likely N-dealkylation sites (N-methyl/N-ethyl adjacent to an activating group) is 1. The van der Waals surface area contributed by atoms with Crippen molar-refractivity contribution in [2.45, 2.75) is 58.0 Å². The van der Waals surface area contributed by atoms with E-state index in [1.165, 1.54) is 18.3 Å². The fourth-order valence-electron chi connectivity index (χ4n) is 3.40. The van der Waals surface area contributed by atoms with Gasteiger partial charge in [-0.2, -0.15) is 8.70 Å². The molecule has 0 unspecified atom stereocenters. The van der Waals surface area contributed by atoms with Crippen LogP contribution in [-0.4, -0.2) is 50.5 Å². The molecule has 0 radical (unpaired) electrons. The van der Waals surface area contributed by atoms with Crippen LogP contribution in [0.15, 0.2) is 29.1 Å². The first-order chi connectivity index (χ1) is 14.2. The molecule has 0 amide bonds. The van der Waals surface area contributed by atoms with Crippen LogP contribution in [0, 0.1) is 11.7 Å². The minimum absolute atomic E-state index is 0.00103. The number of ether oxygens (including phenoxy) is 2. The Bertz CT molecular complexity index is 971. The lowest BCUT2D eigenvalue weighted by Gasteiger charge is -2.40. The summed E-state index contributed by atoms with van der Waals surface area (Å²) in [6.45, 7) is 11.4. The van der Waals surface area contributed by atoms with E-state index < -0.39 is 38.9 Å². The Balaban J connectivity index is 2.63. The standard InChI is InChI=1S/C21H30F2N2O5S/c1-8-29-20(26)15(23)12-30-18-10-19-16(9-14(18)22)25(21(4,5)6)11-17(13(2)3)24(7)31(19,27)28/h9-10,12-13,17H,8,11H2,1-7H3/b15-12-/t17-/m0/s1. The van der Waals surface area contributed by atoms with E-state index in [9.17, 15) is 22.0 Å². The van der Waals surface area contributed by atoms with Gasteiger partial charge in [-0.15, -0.1) is 0 Å². The minimum Gasteiger partial charge on any atom is -0.461 e. The van der Waals surface area contributed by atoms with Gasteiger partial charge < -0.3 is 14.4 Å². The Hall–Kier alpha value is -2.20. The number of hydrogen-bond acceptors (Lipinski definition) is 6. The second kappa shape index (κ2) is 9.12. The molecule has 0 saturated carbocycles. The maximum Gasteiger partial charge on any atom is 0.370 e. The van der Waals surface area contributed by atoms with Gasteiger partial charge in [0.25, 0.3) is 0 Å². The normalized spacial score (nSPS) is 19.7. The molecule has 0 saturated heterocycles. The molecular weight excluding hydrogens is 430 g/mol. The van der Waals surface area contributed by atoms with Crippen molar-refractivity contribution in [2.24, 2.45) is 5.92 Å². The Kier molecular flexibility index (Phi) is 7.37. The molecule has 0 aromatic heterocycles. The fourth-order valence-corrected chi connectivity index (χ4v) is 5.06. The van der Waals surface area contributed by atoms with E-state index in [-0.39, 0.29) is 29.1 Å². The van der Waals surface area contributed by atoms with Crippen molar-refractivity contribution >= 4 is 21.7 Å². The van der Waals surface area contributed by atoms with Gasteiger partial charge in [0.15, 0.2) is 11.6 Å². The third-order valence-corrected chi connectivity index (χ3v) is 7.05. The highest BCUT2D eigenvalue weighted by Gasteiger charge is 2.41. The lowest BCUT2D eigenvalue weighted by Crippen LogP contribution is -2.50. The number of hydrogen-bond donors (Lipinski definition) is 0. The van der Waals surface area contributed by atoms with Crippen molar-refractivity contribution in [1.82, 2.24) is 4.31 Å². The smallest absolute Gasteiger partial charge is 0.370 e. The molecule has 1 aliphatic rings. The number of halogens is 2. The van der Waals surface area contributed by atoms with Crippen molar-refractivity contribution < 1.29 is 31.5 Å². The number of rotatable bonds is 5. The maximum absolute atomic E-state index is 14.8. The first-order valence-electron chi connectivity index (χ1n) is 10.0. The number of nitrogens with zero attached hydrogens (tertiary/aromatic N) is 2. The highest BCUT2D eigenvalue weighted by molar-refractivity contribution is 7.89. The van der Waals surface area contributed by atoms with Crippen LogP contribution in [0.25, 0.3) is 0 Å². The van der Waals surface area contributed by atoms with Crippen molar-refractivity contribution in [3.8, 4) is 5.75 Å². The molecule has 1 atom stereocenters. The van der Waals surface area contributed by atoms with Crippen LogP contribution in [0.3, 0.4) is 0 Å². The summed E-state index contributed by atoms with van der Waals surface area (Å²) >= 11 is 0. The second-order valence-electron chi connectivity index (χ2n) is 8.67. The number of fused-ring (bicyclic) bond motifs is 1. The lowest BCUT2D eigenvalue weighted by molar-refractivity contribution is -0.140. The molecule has 0 N–H and O–H groups in total. The zero-order chi connectivity index (χ0) is 23.7. The van der Waals surface area contributed by atoms with Crippen molar-refractivity contribution in [2.75, 3.05) is 25.1 Å². The minimum atomic E-state index is -4.01. The summed E-state index contributed by atoms with van der Waals surface area (Å²) < 4.78 is 66.1.